The average Bonchev–Trinajstić information content (AvgIpc) is 3.19. The fourth-order valence-corrected chi connectivity index (χ4v) is 6.63. The summed E-state index contributed by atoms with van der Waals surface area (Å²) in [6, 6.07) is 36.2. The van der Waals surface area contributed by atoms with E-state index in [9.17, 15) is 9.59 Å². The molecule has 0 saturated carbocycles. The largest absolute Gasteiger partial charge is 0.493 e. The van der Waals surface area contributed by atoms with E-state index in [1.807, 2.05) is 84.9 Å². The Morgan fingerprint density at radius 3 is 1.17 bits per heavy atom. The van der Waals surface area contributed by atoms with Crippen LogP contribution in [0.25, 0.3) is 0 Å². The molecule has 2 unspecified atom stereocenters. The molecule has 0 heterocycles. The molecule has 0 amide bonds. The Morgan fingerprint density at radius 2 is 0.815 bits per heavy atom. The van der Waals surface area contributed by atoms with Crippen LogP contribution in [0.15, 0.2) is 109 Å². The highest BCUT2D eigenvalue weighted by atomic mass is 16.6. The van der Waals surface area contributed by atoms with Crippen molar-refractivity contribution in [2.75, 3.05) is 39.4 Å². The minimum atomic E-state index is -0.995. The fraction of sp³-hybridized carbons (Fsp3) is 0.435. The first-order chi connectivity index (χ1) is 26.4. The molecule has 4 rings (SSSR count). The van der Waals surface area contributed by atoms with Gasteiger partial charge in [-0.15, -0.1) is 0 Å². The Labute approximate surface area is 323 Å². The van der Waals surface area contributed by atoms with Crippen LogP contribution in [-0.2, 0) is 44.7 Å². The van der Waals surface area contributed by atoms with E-state index in [0.29, 0.717) is 52.2 Å². The minimum absolute atomic E-state index is 0.370. The number of nitrogens with zero attached hydrogens (tertiary/aromatic N) is 2. The molecular formula is C46H60N2O6. The Hall–Kier alpha value is -4.66. The molecule has 0 aromatic heterocycles. The Kier molecular flexibility index (Phi) is 18.6. The van der Waals surface area contributed by atoms with Crippen molar-refractivity contribution in [1.82, 2.24) is 9.80 Å². The van der Waals surface area contributed by atoms with Crippen LogP contribution in [0, 0.1) is 0 Å². The highest BCUT2D eigenvalue weighted by molar-refractivity contribution is 6.29. The van der Waals surface area contributed by atoms with Crippen LogP contribution in [0.3, 0.4) is 0 Å². The Bertz CT molecular complexity index is 1510. The number of carbonyl (C=O) groups excluding carboxylic acids is 2. The molecule has 0 bridgehead atoms. The van der Waals surface area contributed by atoms with E-state index in [1.54, 1.807) is 0 Å². The van der Waals surface area contributed by atoms with E-state index >= 15 is 0 Å². The van der Waals surface area contributed by atoms with Gasteiger partial charge in [0.1, 0.15) is 11.5 Å². The third kappa shape index (κ3) is 14.0. The smallest absolute Gasteiger partial charge is 0.419 e. The molecule has 54 heavy (non-hydrogen) atoms. The van der Waals surface area contributed by atoms with Gasteiger partial charge in [0, 0.05) is 51.9 Å². The average molecular weight is 737 g/mol. The quantitative estimate of drug-likeness (QED) is 0.0402. The van der Waals surface area contributed by atoms with E-state index in [0.717, 1.165) is 61.2 Å². The van der Waals surface area contributed by atoms with E-state index in [1.165, 1.54) is 11.1 Å². The number of hydrogen-bond acceptors (Lipinski definition) is 8. The van der Waals surface area contributed by atoms with E-state index in [-0.39, 0.29) is 0 Å². The molecule has 290 valence electrons. The number of hydrogen-bond donors (Lipinski definition) is 0. The summed E-state index contributed by atoms with van der Waals surface area (Å²) in [5.41, 5.74) is 4.22. The van der Waals surface area contributed by atoms with Crippen LogP contribution < -0.4 is 9.47 Å². The van der Waals surface area contributed by atoms with Gasteiger partial charge >= 0.3 is 11.9 Å². The topological polar surface area (TPSA) is 77.5 Å². The zero-order valence-corrected chi connectivity index (χ0v) is 32.8. The lowest BCUT2D eigenvalue weighted by atomic mass is 10.1. The first-order valence-electron chi connectivity index (χ1n) is 19.8. The van der Waals surface area contributed by atoms with Crippen molar-refractivity contribution >= 4 is 11.9 Å². The second-order valence-electron chi connectivity index (χ2n) is 13.6. The van der Waals surface area contributed by atoms with Crippen LogP contribution in [-0.4, -0.2) is 73.6 Å². The maximum Gasteiger partial charge on any atom is 0.419 e. The van der Waals surface area contributed by atoms with Crippen molar-refractivity contribution < 1.29 is 28.5 Å². The van der Waals surface area contributed by atoms with Gasteiger partial charge in [0.2, 0.25) is 0 Å². The molecule has 0 aliphatic rings. The third-order valence-electron chi connectivity index (χ3n) is 9.23. The number of esters is 2. The summed E-state index contributed by atoms with van der Waals surface area (Å²) >= 11 is 0. The first-order valence-corrected chi connectivity index (χ1v) is 19.8. The van der Waals surface area contributed by atoms with Crippen LogP contribution in [0.2, 0.25) is 0 Å². The molecule has 0 aliphatic carbocycles. The lowest BCUT2D eigenvalue weighted by molar-refractivity contribution is -0.185. The highest BCUT2D eigenvalue weighted by Gasteiger charge is 2.31. The summed E-state index contributed by atoms with van der Waals surface area (Å²) in [6.07, 6.45) is 4.40. The molecule has 8 nitrogen and oxygen atoms in total. The van der Waals surface area contributed by atoms with Crippen LogP contribution in [0.5, 0.6) is 11.5 Å². The van der Waals surface area contributed by atoms with Gasteiger partial charge in [-0.2, -0.15) is 0 Å². The molecule has 4 aromatic rings. The number of benzene rings is 4. The summed E-state index contributed by atoms with van der Waals surface area (Å²) in [4.78, 5) is 31.7. The zero-order valence-electron chi connectivity index (χ0n) is 32.8. The summed E-state index contributed by atoms with van der Waals surface area (Å²) in [6.45, 7) is 12.3. The van der Waals surface area contributed by atoms with Crippen molar-refractivity contribution in [3.63, 3.8) is 0 Å². The Morgan fingerprint density at radius 1 is 0.481 bits per heavy atom. The molecule has 2 atom stereocenters. The van der Waals surface area contributed by atoms with Crippen LogP contribution >= 0.6 is 0 Å². The molecule has 4 aromatic carbocycles. The van der Waals surface area contributed by atoms with Gasteiger partial charge in [-0.1, -0.05) is 125 Å². The minimum Gasteiger partial charge on any atom is -0.493 e. The van der Waals surface area contributed by atoms with Crippen LogP contribution in [0.1, 0.15) is 75.6 Å². The molecule has 0 fully saturated rings. The number of rotatable bonds is 24. The molecule has 0 aliphatic heterocycles. The number of carbonyl (C=O) groups is 2. The maximum absolute atomic E-state index is 13.7. The second kappa shape index (κ2) is 23.9. The molecule has 0 N–H and O–H groups in total. The Balaban J connectivity index is 1.50. The molecule has 0 spiro atoms. The zero-order chi connectivity index (χ0) is 38.4. The predicted octanol–water partition coefficient (Wildman–Crippen LogP) is 8.70. The second-order valence-corrected chi connectivity index (χ2v) is 13.6. The van der Waals surface area contributed by atoms with Gasteiger partial charge in [0.05, 0.1) is 13.2 Å². The maximum atomic E-state index is 13.7. The van der Waals surface area contributed by atoms with Gasteiger partial charge in [0.25, 0.3) is 0 Å². The molecule has 0 saturated heterocycles. The van der Waals surface area contributed by atoms with E-state index in [4.69, 9.17) is 18.9 Å². The van der Waals surface area contributed by atoms with E-state index < -0.39 is 24.4 Å². The van der Waals surface area contributed by atoms with Crippen molar-refractivity contribution in [2.24, 2.45) is 0 Å². The molecule has 8 heteroatoms. The van der Waals surface area contributed by atoms with Crippen molar-refractivity contribution in [1.29, 1.82) is 0 Å². The van der Waals surface area contributed by atoms with Crippen molar-refractivity contribution in [2.45, 2.75) is 91.5 Å². The van der Waals surface area contributed by atoms with E-state index in [2.05, 4.69) is 61.8 Å². The fourth-order valence-electron chi connectivity index (χ4n) is 6.63. The highest BCUT2D eigenvalue weighted by Crippen LogP contribution is 2.25. The van der Waals surface area contributed by atoms with Crippen LogP contribution in [0.4, 0.5) is 0 Å². The van der Waals surface area contributed by atoms with Gasteiger partial charge < -0.3 is 18.9 Å². The third-order valence-corrected chi connectivity index (χ3v) is 9.23. The standard InChI is InChI=1S/C46H60N2O6/c1-5-29-47(30-6-2)43(35-39-23-15-17-25-41(39)51-33-27-37-19-11-9-12-20-37)53-45(49)46(50)54-44(48(31-7-3)32-8-4)36-40-24-16-18-26-42(40)52-34-28-38-21-13-10-14-22-38/h9-26,43-44H,5-8,27-36H2,1-4H3. The SMILES string of the molecule is CCCN(CCC)C(Cc1ccccc1OCCc1ccccc1)OC(=O)C(=O)OC(Cc1ccccc1OCCc1ccccc1)N(CCC)CCC. The summed E-state index contributed by atoms with van der Waals surface area (Å²) < 4.78 is 24.7. The normalized spacial score (nSPS) is 12.3. The van der Waals surface area contributed by atoms with Crippen molar-refractivity contribution in [3.05, 3.63) is 131 Å². The number of para-hydroxylation sites is 2. The van der Waals surface area contributed by atoms with Crippen molar-refractivity contribution in [3.8, 4) is 11.5 Å². The monoisotopic (exact) mass is 736 g/mol. The summed E-state index contributed by atoms with van der Waals surface area (Å²) in [5, 5.41) is 0. The summed E-state index contributed by atoms with van der Waals surface area (Å²) in [5.74, 6) is -0.510. The summed E-state index contributed by atoms with van der Waals surface area (Å²) in [7, 11) is 0. The number of ether oxygens (including phenoxy) is 4. The predicted molar refractivity (Wildman–Crippen MR) is 216 cm³/mol. The first kappa shape index (κ1) is 42.1. The lowest BCUT2D eigenvalue weighted by Crippen LogP contribution is -2.45. The lowest BCUT2D eigenvalue weighted by Gasteiger charge is -2.32. The van der Waals surface area contributed by atoms with Gasteiger partial charge in [-0.05, 0) is 60.1 Å². The molecular weight excluding hydrogens is 677 g/mol. The van der Waals surface area contributed by atoms with Gasteiger partial charge in [-0.3, -0.25) is 9.80 Å². The van der Waals surface area contributed by atoms with Gasteiger partial charge in [-0.25, -0.2) is 9.59 Å². The van der Waals surface area contributed by atoms with Gasteiger partial charge in [0.15, 0.2) is 12.5 Å². The molecule has 0 radical (unpaired) electrons.